The average molecular weight is 280 g/mol. The van der Waals surface area contributed by atoms with Gasteiger partial charge in [0.25, 0.3) is 0 Å². The zero-order valence-corrected chi connectivity index (χ0v) is 13.3. The van der Waals surface area contributed by atoms with Crippen molar-refractivity contribution in [3.8, 4) is 6.07 Å². The Labute approximate surface area is 123 Å². The van der Waals surface area contributed by atoms with Gasteiger partial charge in [0.05, 0.1) is 6.07 Å². The Bertz CT molecular complexity index is 350. The largest absolute Gasteiger partial charge is 0.381 e. The van der Waals surface area contributed by atoms with Crippen molar-refractivity contribution in [2.45, 2.75) is 59.4 Å². The van der Waals surface area contributed by atoms with Crippen LogP contribution in [0.2, 0.25) is 0 Å². The van der Waals surface area contributed by atoms with Crippen LogP contribution in [0, 0.1) is 22.7 Å². The molecular weight excluding hydrogens is 252 g/mol. The molecule has 0 spiro atoms. The lowest BCUT2D eigenvalue weighted by molar-refractivity contribution is -0.146. The van der Waals surface area contributed by atoms with Crippen LogP contribution in [0.5, 0.6) is 0 Å². The van der Waals surface area contributed by atoms with Gasteiger partial charge in [-0.1, -0.05) is 27.7 Å². The van der Waals surface area contributed by atoms with Crippen molar-refractivity contribution in [3.63, 3.8) is 0 Å². The molecule has 0 unspecified atom stereocenters. The third-order valence-corrected chi connectivity index (χ3v) is 4.18. The number of carbonyl (C=O) groups is 1. The van der Waals surface area contributed by atoms with Crippen LogP contribution in [0.15, 0.2) is 0 Å². The van der Waals surface area contributed by atoms with Crippen LogP contribution in [-0.2, 0) is 9.53 Å². The van der Waals surface area contributed by atoms with Gasteiger partial charge in [-0.2, -0.15) is 5.26 Å². The van der Waals surface area contributed by atoms with E-state index in [0.717, 1.165) is 19.4 Å². The molecule has 0 saturated carbocycles. The number of hydrogen-bond acceptors (Lipinski definition) is 3. The van der Waals surface area contributed by atoms with E-state index in [2.05, 4.69) is 33.8 Å². The van der Waals surface area contributed by atoms with Gasteiger partial charge in [0, 0.05) is 25.8 Å². The van der Waals surface area contributed by atoms with Gasteiger partial charge in [-0.25, -0.2) is 0 Å². The lowest BCUT2D eigenvalue weighted by Crippen LogP contribution is -2.51. The summed E-state index contributed by atoms with van der Waals surface area (Å²) >= 11 is 0. The van der Waals surface area contributed by atoms with Crippen molar-refractivity contribution in [1.82, 2.24) is 4.90 Å². The molecule has 4 nitrogen and oxygen atoms in total. The van der Waals surface area contributed by atoms with Gasteiger partial charge in [-0.3, -0.25) is 4.79 Å². The number of nitriles is 1. The summed E-state index contributed by atoms with van der Waals surface area (Å²) in [6.45, 7) is 10.2. The van der Waals surface area contributed by atoms with Gasteiger partial charge in [-0.05, 0) is 31.6 Å². The summed E-state index contributed by atoms with van der Waals surface area (Å²) in [5.74, 6) is 0.431. The summed E-state index contributed by atoms with van der Waals surface area (Å²) in [5.41, 5.74) is -0.865. The number of hydrogen-bond donors (Lipinski definition) is 0. The molecule has 4 heteroatoms. The summed E-state index contributed by atoms with van der Waals surface area (Å²) in [5, 5.41) is 9.57. The molecule has 0 N–H and O–H groups in total. The minimum Gasteiger partial charge on any atom is -0.381 e. The standard InChI is InChI=1S/C16H28N2O2/c1-5-14(6-2)18(11-13(3)4)15(19)16(12-17)7-9-20-10-8-16/h13-14H,5-11H2,1-4H3. The highest BCUT2D eigenvalue weighted by atomic mass is 16.5. The van der Waals surface area contributed by atoms with E-state index in [1.54, 1.807) is 0 Å². The molecule has 1 amide bonds. The fraction of sp³-hybridized carbons (Fsp3) is 0.875. The molecule has 0 bridgehead atoms. The maximum Gasteiger partial charge on any atom is 0.243 e. The minimum atomic E-state index is -0.865. The topological polar surface area (TPSA) is 53.3 Å². The van der Waals surface area contributed by atoms with E-state index >= 15 is 0 Å². The first-order chi connectivity index (χ1) is 9.50. The Kier molecular flexibility index (Phi) is 6.48. The smallest absolute Gasteiger partial charge is 0.243 e. The normalized spacial score (nSPS) is 18.1. The van der Waals surface area contributed by atoms with Gasteiger partial charge < -0.3 is 9.64 Å². The zero-order valence-electron chi connectivity index (χ0n) is 13.3. The summed E-state index contributed by atoms with van der Waals surface area (Å²) in [6, 6.07) is 2.54. The van der Waals surface area contributed by atoms with Gasteiger partial charge >= 0.3 is 0 Å². The lowest BCUT2D eigenvalue weighted by atomic mass is 9.79. The summed E-state index contributed by atoms with van der Waals surface area (Å²) in [7, 11) is 0. The summed E-state index contributed by atoms with van der Waals surface area (Å²) < 4.78 is 5.33. The fourth-order valence-corrected chi connectivity index (χ4v) is 2.89. The Hall–Kier alpha value is -1.08. The predicted octanol–water partition coefficient (Wildman–Crippen LogP) is 2.98. The van der Waals surface area contributed by atoms with E-state index in [0.29, 0.717) is 32.0 Å². The first-order valence-electron chi connectivity index (χ1n) is 7.80. The number of ether oxygens (including phenoxy) is 1. The Morgan fingerprint density at radius 2 is 1.85 bits per heavy atom. The molecule has 1 heterocycles. The molecule has 1 aliphatic heterocycles. The molecule has 0 aromatic heterocycles. The number of carbonyl (C=O) groups excluding carboxylic acids is 1. The molecule has 0 aliphatic carbocycles. The lowest BCUT2D eigenvalue weighted by Gasteiger charge is -2.39. The average Bonchev–Trinajstić information content (AvgIpc) is 2.47. The van der Waals surface area contributed by atoms with Crippen molar-refractivity contribution in [2.24, 2.45) is 11.3 Å². The van der Waals surface area contributed by atoms with E-state index in [1.807, 2.05) is 4.90 Å². The van der Waals surface area contributed by atoms with Crippen LogP contribution >= 0.6 is 0 Å². The van der Waals surface area contributed by atoms with E-state index in [1.165, 1.54) is 0 Å². The van der Waals surface area contributed by atoms with Crippen LogP contribution in [0.3, 0.4) is 0 Å². The summed E-state index contributed by atoms with van der Waals surface area (Å²) in [4.78, 5) is 15.0. The molecule has 0 atom stereocenters. The highest BCUT2D eigenvalue weighted by Crippen LogP contribution is 2.33. The molecule has 1 aliphatic rings. The van der Waals surface area contributed by atoms with Crippen LogP contribution in [0.4, 0.5) is 0 Å². The quantitative estimate of drug-likeness (QED) is 0.751. The van der Waals surface area contributed by atoms with Crippen molar-refractivity contribution in [3.05, 3.63) is 0 Å². The van der Waals surface area contributed by atoms with Crippen LogP contribution < -0.4 is 0 Å². The van der Waals surface area contributed by atoms with Crippen molar-refractivity contribution in [2.75, 3.05) is 19.8 Å². The van der Waals surface area contributed by atoms with Gasteiger partial charge in [-0.15, -0.1) is 0 Å². The molecule has 0 aromatic carbocycles. The second-order valence-electron chi connectivity index (χ2n) is 6.13. The maximum atomic E-state index is 13.0. The molecule has 1 saturated heterocycles. The van der Waals surface area contributed by atoms with Crippen LogP contribution in [0.1, 0.15) is 53.4 Å². The van der Waals surface area contributed by atoms with E-state index in [-0.39, 0.29) is 11.9 Å². The first-order valence-corrected chi connectivity index (χ1v) is 7.80. The molecular formula is C16H28N2O2. The second kappa shape index (κ2) is 7.64. The third kappa shape index (κ3) is 3.73. The monoisotopic (exact) mass is 280 g/mol. The third-order valence-electron chi connectivity index (χ3n) is 4.18. The van der Waals surface area contributed by atoms with Gasteiger partial charge in [0.15, 0.2) is 0 Å². The molecule has 20 heavy (non-hydrogen) atoms. The number of rotatable bonds is 6. The van der Waals surface area contributed by atoms with E-state index < -0.39 is 5.41 Å². The van der Waals surface area contributed by atoms with E-state index in [9.17, 15) is 10.1 Å². The number of amides is 1. The zero-order chi connectivity index (χ0) is 15.2. The van der Waals surface area contributed by atoms with Gasteiger partial charge in [0.2, 0.25) is 5.91 Å². The highest BCUT2D eigenvalue weighted by molar-refractivity contribution is 5.86. The molecule has 0 aromatic rings. The van der Waals surface area contributed by atoms with Crippen LogP contribution in [0.25, 0.3) is 0 Å². The predicted molar refractivity (Wildman–Crippen MR) is 79.0 cm³/mol. The number of nitrogens with zero attached hydrogens (tertiary/aromatic N) is 2. The van der Waals surface area contributed by atoms with Crippen molar-refractivity contribution in [1.29, 1.82) is 5.26 Å². The summed E-state index contributed by atoms with van der Waals surface area (Å²) in [6.07, 6.45) is 2.92. The van der Waals surface area contributed by atoms with E-state index in [4.69, 9.17) is 4.74 Å². The Morgan fingerprint density at radius 3 is 2.25 bits per heavy atom. The highest BCUT2D eigenvalue weighted by Gasteiger charge is 2.44. The van der Waals surface area contributed by atoms with Crippen LogP contribution in [-0.4, -0.2) is 36.6 Å². The molecule has 1 fully saturated rings. The fourth-order valence-electron chi connectivity index (χ4n) is 2.89. The Morgan fingerprint density at radius 1 is 1.30 bits per heavy atom. The molecule has 0 radical (unpaired) electrons. The van der Waals surface area contributed by atoms with Crippen molar-refractivity contribution >= 4 is 5.91 Å². The van der Waals surface area contributed by atoms with Crippen molar-refractivity contribution < 1.29 is 9.53 Å². The Balaban J connectivity index is 2.98. The van der Waals surface area contributed by atoms with Gasteiger partial charge in [0.1, 0.15) is 5.41 Å². The second-order valence-corrected chi connectivity index (χ2v) is 6.13. The molecule has 1 rings (SSSR count). The SMILES string of the molecule is CCC(CC)N(CC(C)C)C(=O)C1(C#N)CCOCC1. The maximum absolute atomic E-state index is 13.0. The minimum absolute atomic E-state index is 0.0192. The first kappa shape index (κ1) is 17.0. The molecule has 114 valence electrons.